The number of carboxylic acid groups (broad SMARTS) is 1. The molecular weight excluding hydrogens is 601 g/mol. The average Bonchev–Trinajstić information content (AvgIpc) is 3.85. The summed E-state index contributed by atoms with van der Waals surface area (Å²) in [5, 5.41) is 18.6. The molecule has 8 unspecified atom stereocenters. The van der Waals surface area contributed by atoms with Crippen LogP contribution in [-0.4, -0.2) is 131 Å². The quantitative estimate of drug-likeness (QED) is 0.257. The molecule has 0 radical (unpaired) electrons. The lowest BCUT2D eigenvalue weighted by molar-refractivity contribution is -0.156. The normalized spacial score (nSPS) is 34.6. The van der Waals surface area contributed by atoms with Crippen LogP contribution in [0.4, 0.5) is 4.79 Å². The number of cyclic esters (lactones) is 2. The van der Waals surface area contributed by atoms with E-state index in [1.807, 2.05) is 27.6 Å². The van der Waals surface area contributed by atoms with Crippen molar-refractivity contribution >= 4 is 37.0 Å². The topological polar surface area (TPSA) is 172 Å². The van der Waals surface area contributed by atoms with E-state index in [1.165, 1.54) is 19.3 Å². The number of piperazine rings is 1. The van der Waals surface area contributed by atoms with Crippen LogP contribution in [0.3, 0.4) is 0 Å². The molecule has 0 aromatic rings. The predicted octanol–water partition coefficient (Wildman–Crippen LogP) is 1.64. The number of esters is 2. The second-order valence-electron chi connectivity index (χ2n) is 14.3. The molecule has 7 aliphatic heterocycles. The van der Waals surface area contributed by atoms with E-state index in [1.54, 1.807) is 9.80 Å². The van der Waals surface area contributed by atoms with Gasteiger partial charge in [0.15, 0.2) is 0 Å². The number of hydrogen-bond acceptors (Lipinski definition) is 11. The number of ether oxygens (including phenoxy) is 4. The van der Waals surface area contributed by atoms with E-state index in [-0.39, 0.29) is 68.7 Å². The highest BCUT2D eigenvalue weighted by Gasteiger charge is 2.61. The number of carboxylic acids is 1. The van der Waals surface area contributed by atoms with Crippen molar-refractivity contribution in [3.63, 3.8) is 0 Å². The molecule has 15 heteroatoms. The molecule has 8 atom stereocenters. The fraction of sp³-hybridized carbons (Fsp3) is 0.839. The lowest BCUT2D eigenvalue weighted by Crippen LogP contribution is -2.55. The van der Waals surface area contributed by atoms with Gasteiger partial charge in [0.2, 0.25) is 5.91 Å². The Bertz CT molecular complexity index is 1150. The van der Waals surface area contributed by atoms with Crippen LogP contribution < -0.4 is 0 Å². The summed E-state index contributed by atoms with van der Waals surface area (Å²) in [6, 6.07) is 0. The molecule has 4 bridgehead atoms. The van der Waals surface area contributed by atoms with E-state index < -0.39 is 23.4 Å². The maximum Gasteiger partial charge on any atom is 0.410 e. The smallest absolute Gasteiger partial charge is 0.410 e. The molecule has 2 amide bonds. The molecule has 2 N–H and O–H groups in total. The third-order valence-corrected chi connectivity index (χ3v) is 10.0. The molecule has 0 aliphatic carbocycles. The van der Waals surface area contributed by atoms with Gasteiger partial charge >= 0.3 is 31.1 Å². The fourth-order valence-corrected chi connectivity index (χ4v) is 7.76. The maximum atomic E-state index is 12.9. The lowest BCUT2D eigenvalue weighted by atomic mass is 9.78. The Hall–Kier alpha value is -2.75. The SMILES string of the molecule is CB(O)N1CCCCC1.CC(C)(C)OC(=O)N1CCN(C(=O)C2C3CCC(O3)C2C(=O)O)CC1.O=C1OC(=O)C2C3CCC(O3)C12.[2HH]. The Kier molecular flexibility index (Phi) is 10.6. The second-order valence-corrected chi connectivity index (χ2v) is 14.3. The molecule has 7 fully saturated rings. The van der Waals surface area contributed by atoms with Gasteiger partial charge in [-0.3, -0.25) is 19.2 Å². The van der Waals surface area contributed by atoms with Gasteiger partial charge in [0.1, 0.15) is 5.60 Å². The third-order valence-electron chi connectivity index (χ3n) is 10.0. The monoisotopic (exact) mass is 652 g/mol. The van der Waals surface area contributed by atoms with Gasteiger partial charge in [-0.15, -0.1) is 0 Å². The van der Waals surface area contributed by atoms with Crippen LogP contribution in [-0.2, 0) is 38.1 Å². The van der Waals surface area contributed by atoms with Gasteiger partial charge < -0.3 is 43.7 Å². The van der Waals surface area contributed by atoms with E-state index >= 15 is 0 Å². The molecule has 7 saturated heterocycles. The molecule has 0 aromatic carbocycles. The number of aliphatic carboxylic acids is 1. The van der Waals surface area contributed by atoms with Crippen LogP contribution in [0.25, 0.3) is 0 Å². The van der Waals surface area contributed by atoms with Gasteiger partial charge in [0, 0.05) is 27.6 Å². The van der Waals surface area contributed by atoms with Gasteiger partial charge in [-0.1, -0.05) is 6.42 Å². The van der Waals surface area contributed by atoms with Crippen LogP contribution in [0.1, 0.15) is 67.1 Å². The van der Waals surface area contributed by atoms with Gasteiger partial charge in [0.25, 0.3) is 0 Å². The van der Waals surface area contributed by atoms with Gasteiger partial charge in [-0.25, -0.2) is 4.79 Å². The van der Waals surface area contributed by atoms with Crippen LogP contribution in [0.15, 0.2) is 0 Å². The molecule has 7 rings (SSSR count). The van der Waals surface area contributed by atoms with Gasteiger partial charge in [0.05, 0.1) is 48.1 Å². The molecule has 258 valence electrons. The molecule has 0 saturated carbocycles. The standard InChI is InChI=1S/C17H26N2O6.C8H8O4.C6H14BNO.H2/c1-17(2,3)25-16(23)19-8-6-18(7-9-19)14(20)12-10-4-5-11(24-10)13(12)15(21)22;9-7-5-3-1-2-4(11-3)6(5)8(10)12-7;1-7(9)8-5-3-2-4-6-8;/h10-13H,4-9H2,1-3H3,(H,21,22);3-6H,1-2H2;9H,2-6H2,1H3;1H/i;;;1+1. The van der Waals surface area contributed by atoms with E-state index in [2.05, 4.69) is 9.55 Å². The molecule has 7 heterocycles. The Balaban J connectivity index is 0.000000186. The Morgan fingerprint density at radius 3 is 1.74 bits per heavy atom. The molecule has 7 aliphatic rings. The van der Waals surface area contributed by atoms with E-state index in [9.17, 15) is 29.1 Å². The number of rotatable bonds is 3. The summed E-state index contributed by atoms with van der Waals surface area (Å²) in [7, 11) is -0.231. The number of fused-ring (bicyclic) bond motifs is 7. The fourth-order valence-electron chi connectivity index (χ4n) is 7.76. The number of carbonyl (C=O) groups is 5. The summed E-state index contributed by atoms with van der Waals surface area (Å²) >= 11 is 0. The largest absolute Gasteiger partial charge is 0.481 e. The first-order valence-corrected chi connectivity index (χ1v) is 16.7. The Morgan fingerprint density at radius 2 is 1.26 bits per heavy atom. The summed E-state index contributed by atoms with van der Waals surface area (Å²) in [5.41, 5.74) is -0.556. The first kappa shape index (κ1) is 34.6. The molecule has 46 heavy (non-hydrogen) atoms. The molecule has 0 aromatic heterocycles. The van der Waals surface area contributed by atoms with Crippen molar-refractivity contribution in [2.75, 3.05) is 39.3 Å². The lowest BCUT2D eigenvalue weighted by Gasteiger charge is -2.38. The van der Waals surface area contributed by atoms with Crippen molar-refractivity contribution in [3.8, 4) is 0 Å². The summed E-state index contributed by atoms with van der Waals surface area (Å²) in [6.45, 7) is 11.0. The number of amides is 2. The Morgan fingerprint density at radius 1 is 0.783 bits per heavy atom. The van der Waals surface area contributed by atoms with Crippen molar-refractivity contribution in [1.82, 2.24) is 14.6 Å². The zero-order valence-electron chi connectivity index (χ0n) is 27.3. The summed E-state index contributed by atoms with van der Waals surface area (Å²) in [4.78, 5) is 64.1. The van der Waals surface area contributed by atoms with E-state index in [0.717, 1.165) is 32.4 Å². The third kappa shape index (κ3) is 7.52. The highest BCUT2D eigenvalue weighted by molar-refractivity contribution is 6.45. The van der Waals surface area contributed by atoms with Gasteiger partial charge in [-0.2, -0.15) is 0 Å². The summed E-state index contributed by atoms with van der Waals surface area (Å²) in [5.74, 6) is -3.80. The minimum absolute atomic E-state index is 0. The zero-order chi connectivity index (χ0) is 33.3. The highest BCUT2D eigenvalue weighted by Crippen LogP contribution is 2.47. The molecular formula is C31H50BN3O11. The minimum Gasteiger partial charge on any atom is -0.481 e. The van der Waals surface area contributed by atoms with E-state index in [0.29, 0.717) is 32.6 Å². The van der Waals surface area contributed by atoms with E-state index in [4.69, 9.17) is 19.2 Å². The summed E-state index contributed by atoms with van der Waals surface area (Å²) in [6.07, 6.45) is 5.98. The van der Waals surface area contributed by atoms with Crippen LogP contribution in [0.5, 0.6) is 0 Å². The molecule has 0 spiro atoms. The zero-order valence-corrected chi connectivity index (χ0v) is 27.3. The number of hydrogen-bond donors (Lipinski definition) is 2. The van der Waals surface area contributed by atoms with Crippen molar-refractivity contribution in [3.05, 3.63) is 0 Å². The van der Waals surface area contributed by atoms with Crippen molar-refractivity contribution in [2.24, 2.45) is 23.7 Å². The number of carbonyl (C=O) groups excluding carboxylic acids is 4. The van der Waals surface area contributed by atoms with Crippen molar-refractivity contribution in [2.45, 2.75) is 103 Å². The molecule has 14 nitrogen and oxygen atoms in total. The maximum absolute atomic E-state index is 12.9. The van der Waals surface area contributed by atoms with Crippen molar-refractivity contribution < 1.29 is 54.5 Å². The van der Waals surface area contributed by atoms with Crippen LogP contribution in [0, 0.1) is 23.7 Å². The van der Waals surface area contributed by atoms with Crippen molar-refractivity contribution in [1.29, 1.82) is 0 Å². The van der Waals surface area contributed by atoms with Gasteiger partial charge in [-0.05, 0) is 79.2 Å². The summed E-state index contributed by atoms with van der Waals surface area (Å²) < 4.78 is 21.0. The first-order chi connectivity index (χ1) is 21.7. The average molecular weight is 653 g/mol. The first-order valence-electron chi connectivity index (χ1n) is 16.7. The van der Waals surface area contributed by atoms with Crippen LogP contribution >= 0.6 is 0 Å². The second kappa shape index (κ2) is 14.2. The number of nitrogens with zero attached hydrogens (tertiary/aromatic N) is 3. The Labute approximate surface area is 271 Å². The predicted molar refractivity (Wildman–Crippen MR) is 164 cm³/mol. The minimum atomic E-state index is -0.960. The van der Waals surface area contributed by atoms with Crippen LogP contribution in [0.2, 0.25) is 6.82 Å². The number of piperidine rings is 1. The highest BCUT2D eigenvalue weighted by atomic mass is 16.6.